The molecule has 2 N–H and O–H groups in total. The number of rotatable bonds is 2. The summed E-state index contributed by atoms with van der Waals surface area (Å²) in [6.45, 7) is 7.40. The summed E-state index contributed by atoms with van der Waals surface area (Å²) in [5.74, 6) is 0.588. The fourth-order valence-electron chi connectivity index (χ4n) is 2.56. The Kier molecular flexibility index (Phi) is 4.65. The van der Waals surface area contributed by atoms with Gasteiger partial charge < -0.3 is 15.3 Å². The first kappa shape index (κ1) is 13.8. The molecule has 1 aliphatic heterocycles. The quantitative estimate of drug-likeness (QED) is 0.878. The summed E-state index contributed by atoms with van der Waals surface area (Å²) < 4.78 is 1.10. The molecule has 0 amide bonds. The van der Waals surface area contributed by atoms with E-state index in [0.717, 1.165) is 24.1 Å². The molecule has 0 spiro atoms. The summed E-state index contributed by atoms with van der Waals surface area (Å²) in [6, 6.07) is 6.50. The topological polar surface area (TPSA) is 35.5 Å². The molecule has 1 fully saturated rings. The summed E-state index contributed by atoms with van der Waals surface area (Å²) in [6.07, 6.45) is 0. The number of nitrogens with one attached hydrogen (secondary N) is 1. The molecule has 2 rings (SSSR count). The van der Waals surface area contributed by atoms with E-state index in [2.05, 4.69) is 58.2 Å². The maximum absolute atomic E-state index is 9.59. The summed E-state index contributed by atoms with van der Waals surface area (Å²) in [5.41, 5.74) is 2.48. The number of anilines is 1. The Morgan fingerprint density at radius 3 is 2.89 bits per heavy atom. The maximum atomic E-state index is 9.59. The number of halogens is 1. The van der Waals surface area contributed by atoms with Crippen LogP contribution in [-0.2, 0) is 0 Å². The molecule has 4 heteroatoms. The second-order valence-electron chi connectivity index (χ2n) is 5.18. The van der Waals surface area contributed by atoms with Gasteiger partial charge in [-0.3, -0.25) is 0 Å². The zero-order valence-corrected chi connectivity index (χ0v) is 12.6. The van der Waals surface area contributed by atoms with Crippen LogP contribution in [0.1, 0.15) is 12.5 Å². The molecule has 1 aromatic carbocycles. The van der Waals surface area contributed by atoms with Gasteiger partial charge in [0.05, 0.1) is 12.6 Å². The average molecular weight is 313 g/mol. The van der Waals surface area contributed by atoms with Crippen molar-refractivity contribution in [2.75, 3.05) is 31.1 Å². The third kappa shape index (κ3) is 3.05. The zero-order valence-electron chi connectivity index (χ0n) is 11.0. The highest BCUT2D eigenvalue weighted by Crippen LogP contribution is 2.27. The van der Waals surface area contributed by atoms with E-state index in [9.17, 15) is 5.11 Å². The van der Waals surface area contributed by atoms with Crippen LogP contribution >= 0.6 is 15.9 Å². The van der Waals surface area contributed by atoms with Crippen molar-refractivity contribution in [2.45, 2.75) is 19.9 Å². The highest BCUT2D eigenvalue weighted by molar-refractivity contribution is 9.10. The molecule has 1 saturated heterocycles. The van der Waals surface area contributed by atoms with Gasteiger partial charge in [0, 0.05) is 23.2 Å². The number of nitrogens with zero attached hydrogens (tertiary/aromatic N) is 1. The highest BCUT2D eigenvalue weighted by Gasteiger charge is 2.24. The van der Waals surface area contributed by atoms with E-state index in [4.69, 9.17) is 0 Å². The van der Waals surface area contributed by atoms with Gasteiger partial charge in [0.1, 0.15) is 0 Å². The third-order valence-electron chi connectivity index (χ3n) is 3.50. The van der Waals surface area contributed by atoms with Crippen molar-refractivity contribution in [3.05, 3.63) is 28.2 Å². The zero-order chi connectivity index (χ0) is 13.1. The molecule has 1 heterocycles. The van der Waals surface area contributed by atoms with E-state index in [1.54, 1.807) is 0 Å². The minimum atomic E-state index is 0.162. The molecule has 0 aromatic heterocycles. The van der Waals surface area contributed by atoms with Crippen LogP contribution in [0.15, 0.2) is 22.7 Å². The molecule has 3 nitrogen and oxygen atoms in total. The van der Waals surface area contributed by atoms with E-state index in [0.29, 0.717) is 5.92 Å². The van der Waals surface area contributed by atoms with Gasteiger partial charge in [-0.1, -0.05) is 22.9 Å². The molecule has 0 bridgehead atoms. The van der Waals surface area contributed by atoms with E-state index < -0.39 is 0 Å². The van der Waals surface area contributed by atoms with Crippen LogP contribution in [0.4, 0.5) is 5.69 Å². The Balaban J connectivity index is 2.31. The van der Waals surface area contributed by atoms with Crippen LogP contribution in [-0.4, -0.2) is 37.4 Å². The van der Waals surface area contributed by atoms with Crippen LogP contribution in [0.25, 0.3) is 0 Å². The molecule has 1 aliphatic rings. The van der Waals surface area contributed by atoms with Crippen LogP contribution in [0.5, 0.6) is 0 Å². The normalized spacial score (nSPS) is 25.0. The number of hydrogen-bond donors (Lipinski definition) is 2. The van der Waals surface area contributed by atoms with Gasteiger partial charge in [-0.15, -0.1) is 0 Å². The van der Waals surface area contributed by atoms with Crippen LogP contribution in [0.3, 0.4) is 0 Å². The molecule has 2 unspecified atom stereocenters. The predicted molar refractivity (Wildman–Crippen MR) is 79.1 cm³/mol. The van der Waals surface area contributed by atoms with E-state index in [1.807, 2.05) is 0 Å². The van der Waals surface area contributed by atoms with Gasteiger partial charge in [-0.25, -0.2) is 0 Å². The van der Waals surface area contributed by atoms with Crippen molar-refractivity contribution in [2.24, 2.45) is 5.92 Å². The Labute approximate surface area is 117 Å². The monoisotopic (exact) mass is 312 g/mol. The molecule has 18 heavy (non-hydrogen) atoms. The fourth-order valence-corrected chi connectivity index (χ4v) is 3.03. The Morgan fingerprint density at radius 1 is 1.44 bits per heavy atom. The largest absolute Gasteiger partial charge is 0.394 e. The fraction of sp³-hybridized carbons (Fsp3) is 0.571. The van der Waals surface area contributed by atoms with E-state index >= 15 is 0 Å². The Morgan fingerprint density at radius 2 is 2.22 bits per heavy atom. The maximum Gasteiger partial charge on any atom is 0.0647 e. The summed E-state index contributed by atoms with van der Waals surface area (Å²) in [7, 11) is 0. The summed E-state index contributed by atoms with van der Waals surface area (Å²) >= 11 is 3.50. The molecule has 1 aromatic rings. The molecular formula is C14H21BrN2O. The van der Waals surface area contributed by atoms with Gasteiger partial charge in [-0.2, -0.15) is 0 Å². The lowest BCUT2D eigenvalue weighted by Crippen LogP contribution is -2.43. The van der Waals surface area contributed by atoms with Gasteiger partial charge in [0.15, 0.2) is 0 Å². The van der Waals surface area contributed by atoms with E-state index in [1.165, 1.54) is 11.3 Å². The predicted octanol–water partition coefficient (Wildman–Crippen LogP) is 2.16. The molecule has 0 saturated carbocycles. The summed E-state index contributed by atoms with van der Waals surface area (Å²) in [5, 5.41) is 13.0. The SMILES string of the molecule is Cc1cc(Br)ccc1N1CC(C)CNCC1CO. The Bertz CT molecular complexity index is 411. The first-order valence-corrected chi connectivity index (χ1v) is 7.25. The third-order valence-corrected chi connectivity index (χ3v) is 3.99. The summed E-state index contributed by atoms with van der Waals surface area (Å²) in [4.78, 5) is 2.34. The number of aliphatic hydroxyl groups is 1. The van der Waals surface area contributed by atoms with Gasteiger partial charge in [0.2, 0.25) is 0 Å². The second kappa shape index (κ2) is 6.04. The van der Waals surface area contributed by atoms with Crippen LogP contribution in [0.2, 0.25) is 0 Å². The van der Waals surface area contributed by atoms with E-state index in [-0.39, 0.29) is 12.6 Å². The Hall–Kier alpha value is -0.580. The molecular weight excluding hydrogens is 292 g/mol. The number of benzene rings is 1. The number of aliphatic hydroxyl groups excluding tert-OH is 1. The van der Waals surface area contributed by atoms with Crippen molar-refractivity contribution >= 4 is 21.6 Å². The van der Waals surface area contributed by atoms with Gasteiger partial charge in [-0.05, 0) is 43.1 Å². The molecule has 2 atom stereocenters. The number of hydrogen-bond acceptors (Lipinski definition) is 3. The lowest BCUT2D eigenvalue weighted by Gasteiger charge is -2.33. The smallest absolute Gasteiger partial charge is 0.0647 e. The molecule has 0 aliphatic carbocycles. The first-order chi connectivity index (χ1) is 8.61. The lowest BCUT2D eigenvalue weighted by atomic mass is 10.1. The van der Waals surface area contributed by atoms with Crippen molar-refractivity contribution in [1.29, 1.82) is 0 Å². The lowest BCUT2D eigenvalue weighted by molar-refractivity contribution is 0.259. The highest BCUT2D eigenvalue weighted by atomic mass is 79.9. The average Bonchev–Trinajstić information content (AvgIpc) is 2.50. The van der Waals surface area contributed by atoms with Gasteiger partial charge >= 0.3 is 0 Å². The minimum Gasteiger partial charge on any atom is -0.394 e. The van der Waals surface area contributed by atoms with Crippen LogP contribution in [0, 0.1) is 12.8 Å². The molecule has 100 valence electrons. The first-order valence-electron chi connectivity index (χ1n) is 6.46. The van der Waals surface area contributed by atoms with Crippen LogP contribution < -0.4 is 10.2 Å². The second-order valence-corrected chi connectivity index (χ2v) is 6.10. The van der Waals surface area contributed by atoms with Crippen molar-refractivity contribution in [3.8, 4) is 0 Å². The molecule has 0 radical (unpaired) electrons. The van der Waals surface area contributed by atoms with Gasteiger partial charge in [0.25, 0.3) is 0 Å². The standard InChI is InChI=1S/C14H21BrN2O/c1-10-6-16-7-13(9-18)17(8-10)14-4-3-12(15)5-11(14)2/h3-5,10,13,16,18H,6-9H2,1-2H3. The van der Waals surface area contributed by atoms with Crippen molar-refractivity contribution in [1.82, 2.24) is 5.32 Å². The van der Waals surface area contributed by atoms with Crippen molar-refractivity contribution < 1.29 is 5.11 Å². The minimum absolute atomic E-state index is 0.162. The van der Waals surface area contributed by atoms with Crippen molar-refractivity contribution in [3.63, 3.8) is 0 Å². The number of aryl methyl sites for hydroxylation is 1.